The number of halogens is 4. The first kappa shape index (κ1) is 52.7. The van der Waals surface area contributed by atoms with Gasteiger partial charge in [0.05, 0.1) is 30.2 Å². The van der Waals surface area contributed by atoms with Gasteiger partial charge in [-0.15, -0.1) is 0 Å². The quantitative estimate of drug-likeness (QED) is 0.0928. The molecule has 2 aromatic carbocycles. The van der Waals surface area contributed by atoms with Crippen molar-refractivity contribution in [1.82, 2.24) is 49.3 Å². The van der Waals surface area contributed by atoms with E-state index in [0.29, 0.717) is 111 Å². The van der Waals surface area contributed by atoms with Gasteiger partial charge in [0.15, 0.2) is 17.0 Å². The summed E-state index contributed by atoms with van der Waals surface area (Å²) in [7, 11) is 0. The number of carbonyl (C=O) groups is 2. The van der Waals surface area contributed by atoms with Crippen molar-refractivity contribution >= 4 is 80.6 Å². The van der Waals surface area contributed by atoms with Crippen molar-refractivity contribution in [3.05, 3.63) is 92.2 Å². The van der Waals surface area contributed by atoms with Crippen LogP contribution in [-0.2, 0) is 9.59 Å². The number of carboxylic acid groups (broad SMARTS) is 1. The van der Waals surface area contributed by atoms with Crippen molar-refractivity contribution in [2.45, 2.75) is 128 Å². The van der Waals surface area contributed by atoms with E-state index in [9.17, 15) is 20.0 Å². The summed E-state index contributed by atoms with van der Waals surface area (Å²) in [5.74, 6) is 0.509. The molecule has 0 bridgehead atoms. The van der Waals surface area contributed by atoms with Crippen LogP contribution >= 0.6 is 34.8 Å². The highest BCUT2D eigenvalue weighted by Crippen LogP contribution is 2.42. The summed E-state index contributed by atoms with van der Waals surface area (Å²) in [6.45, 7) is 13.0. The Morgan fingerprint density at radius 2 is 1.44 bits per heavy atom. The van der Waals surface area contributed by atoms with Gasteiger partial charge in [-0.2, -0.15) is 15.5 Å². The summed E-state index contributed by atoms with van der Waals surface area (Å²) in [6, 6.07) is 12.4. The number of fused-ring (bicyclic) bond motifs is 2. The number of aliphatic carboxylic acids is 1. The third kappa shape index (κ3) is 10.9. The van der Waals surface area contributed by atoms with Crippen molar-refractivity contribution in [2.24, 2.45) is 23.5 Å². The third-order valence-electron chi connectivity index (χ3n) is 16.6. The van der Waals surface area contributed by atoms with Crippen LogP contribution in [0, 0.1) is 41.8 Å². The Morgan fingerprint density at radius 1 is 0.813 bits per heavy atom. The van der Waals surface area contributed by atoms with Gasteiger partial charge in [0.25, 0.3) is 0 Å². The van der Waals surface area contributed by atoms with Gasteiger partial charge >= 0.3 is 5.97 Å². The molecular weight excluding hydrogens is 1020 g/mol. The fourth-order valence-electron chi connectivity index (χ4n) is 13.0. The minimum absolute atomic E-state index is 0.00833. The molecule has 0 saturated carbocycles. The first-order chi connectivity index (χ1) is 36.0. The van der Waals surface area contributed by atoms with E-state index in [1.54, 1.807) is 35.3 Å². The van der Waals surface area contributed by atoms with Crippen LogP contribution in [0.25, 0.3) is 22.3 Å². The number of piperidine rings is 2. The minimum Gasteiger partial charge on any atom is -0.481 e. The summed E-state index contributed by atoms with van der Waals surface area (Å²) in [5, 5.41) is 31.4. The largest absolute Gasteiger partial charge is 0.481 e. The highest BCUT2D eigenvalue weighted by atomic mass is 35.5. The molecule has 75 heavy (non-hydrogen) atoms. The molecule has 4 aliphatic heterocycles. The number of aromatic nitrogens is 8. The number of hydrogen-bond donors (Lipinski definition) is 2. The molecule has 8 heterocycles. The number of amides is 1. The molecule has 3 N–H and O–H groups in total. The zero-order chi connectivity index (χ0) is 52.8. The van der Waals surface area contributed by atoms with Gasteiger partial charge < -0.3 is 20.6 Å². The van der Waals surface area contributed by atoms with Gasteiger partial charge in [-0.1, -0.05) is 60.8 Å². The maximum Gasteiger partial charge on any atom is 0.303 e. The fourth-order valence-corrected chi connectivity index (χ4v) is 13.7. The highest BCUT2D eigenvalue weighted by molar-refractivity contribution is 6.35. The van der Waals surface area contributed by atoms with E-state index in [1.807, 2.05) is 30.7 Å². The number of primary amides is 1. The Bertz CT molecular complexity index is 3150. The standard InChI is InChI=1S/C54H64Cl3FN14O3/c1-30-27-67(18-15-44(30)69-17-5-6-37(69)9-13-47(60)73)49-26-62-52-43(24-59)66-72(54(52)64-49)46(40-12-8-35(55)22-41(40)57)21-34-20-38(10-14-50(74)75)70(29-34)45-16-19-68(28-31(45)2)48-25-61-51-32(3)65-71(53(51)63-48)33(4)39-11-7-36(56)23-42(39)58/h7-8,11-12,22-23,25-26,30-31,33-34,37-38,44-46H,5-6,9-10,13-21,27-29H2,1-4H3,(H2,60,73)(H,74,75). The lowest BCUT2D eigenvalue weighted by Crippen LogP contribution is -2.52. The first-order valence-electron chi connectivity index (χ1n) is 26.3. The molecule has 9 unspecified atom stereocenters. The molecular formula is C54H64Cl3FN14O3. The molecule has 0 spiro atoms. The highest BCUT2D eigenvalue weighted by Gasteiger charge is 2.43. The van der Waals surface area contributed by atoms with Gasteiger partial charge in [-0.25, -0.2) is 33.7 Å². The number of aryl methyl sites for hydroxylation is 1. The summed E-state index contributed by atoms with van der Waals surface area (Å²) in [5.41, 5.74) is 9.78. The van der Waals surface area contributed by atoms with Crippen LogP contribution in [0.5, 0.6) is 0 Å². The lowest BCUT2D eigenvalue weighted by Gasteiger charge is -2.44. The molecule has 6 aromatic rings. The average Bonchev–Trinajstić information content (AvgIpc) is 4.20. The van der Waals surface area contributed by atoms with E-state index < -0.39 is 23.9 Å². The number of carboxylic acids is 1. The van der Waals surface area contributed by atoms with E-state index in [4.69, 9.17) is 70.7 Å². The average molecular weight is 1080 g/mol. The number of carbonyl (C=O) groups excluding carboxylic acids is 1. The van der Waals surface area contributed by atoms with Crippen molar-refractivity contribution in [2.75, 3.05) is 49.1 Å². The zero-order valence-corrected chi connectivity index (χ0v) is 45.1. The topological polar surface area (TPSA) is 204 Å². The second kappa shape index (κ2) is 22.1. The maximum atomic E-state index is 15.1. The van der Waals surface area contributed by atoms with Crippen molar-refractivity contribution < 1.29 is 19.1 Å². The lowest BCUT2D eigenvalue weighted by molar-refractivity contribution is -0.137. The Labute approximate surface area is 451 Å². The summed E-state index contributed by atoms with van der Waals surface area (Å²) in [6.07, 6.45) is 10.6. The predicted octanol–water partition coefficient (Wildman–Crippen LogP) is 9.25. The van der Waals surface area contributed by atoms with Crippen LogP contribution in [0.1, 0.15) is 120 Å². The molecule has 0 radical (unpaired) electrons. The number of nitrogens with two attached hydrogens (primary N) is 1. The molecule has 4 aromatic heterocycles. The maximum absolute atomic E-state index is 15.1. The van der Waals surface area contributed by atoms with Crippen molar-refractivity contribution in [3.63, 3.8) is 0 Å². The Morgan fingerprint density at radius 3 is 2.07 bits per heavy atom. The second-order valence-electron chi connectivity index (χ2n) is 21.5. The number of nitriles is 1. The van der Waals surface area contributed by atoms with E-state index in [1.165, 1.54) is 6.07 Å². The molecule has 4 aliphatic rings. The van der Waals surface area contributed by atoms with Gasteiger partial charge in [-0.05, 0) is 119 Å². The van der Waals surface area contributed by atoms with Crippen LogP contribution in [-0.4, -0.2) is 130 Å². The minimum atomic E-state index is -0.830. The molecule has 10 rings (SSSR count). The molecule has 1 amide bonds. The Kier molecular flexibility index (Phi) is 15.5. The van der Waals surface area contributed by atoms with Crippen LogP contribution in [0.15, 0.2) is 48.8 Å². The molecule has 21 heteroatoms. The number of benzene rings is 2. The summed E-state index contributed by atoms with van der Waals surface area (Å²) < 4.78 is 18.7. The molecule has 0 aliphatic carbocycles. The van der Waals surface area contributed by atoms with Crippen molar-refractivity contribution in [1.29, 1.82) is 5.26 Å². The number of likely N-dealkylation sites (tertiary alicyclic amines) is 2. The number of rotatable bonds is 16. The first-order valence-corrected chi connectivity index (χ1v) is 27.5. The van der Waals surface area contributed by atoms with Crippen LogP contribution < -0.4 is 15.5 Å². The smallest absolute Gasteiger partial charge is 0.303 e. The monoisotopic (exact) mass is 1080 g/mol. The molecule has 17 nitrogen and oxygen atoms in total. The fraction of sp³-hybridized carbons (Fsp3) is 0.537. The summed E-state index contributed by atoms with van der Waals surface area (Å²) in [4.78, 5) is 53.5. The summed E-state index contributed by atoms with van der Waals surface area (Å²) >= 11 is 19.7. The van der Waals surface area contributed by atoms with Crippen LogP contribution in [0.4, 0.5) is 16.0 Å². The predicted molar refractivity (Wildman–Crippen MR) is 288 cm³/mol. The normalized spacial score (nSPS) is 24.5. The number of anilines is 2. The van der Waals surface area contributed by atoms with Gasteiger partial charge in [-0.3, -0.25) is 19.4 Å². The third-order valence-corrected chi connectivity index (χ3v) is 17.4. The van der Waals surface area contributed by atoms with Crippen LogP contribution in [0.2, 0.25) is 15.1 Å². The van der Waals surface area contributed by atoms with Crippen molar-refractivity contribution in [3.8, 4) is 6.07 Å². The van der Waals surface area contributed by atoms with Gasteiger partial charge in [0.1, 0.15) is 34.6 Å². The van der Waals surface area contributed by atoms with E-state index in [-0.39, 0.29) is 41.9 Å². The molecule has 396 valence electrons. The van der Waals surface area contributed by atoms with E-state index in [0.717, 1.165) is 70.3 Å². The van der Waals surface area contributed by atoms with E-state index in [2.05, 4.69) is 39.5 Å². The second-order valence-corrected chi connectivity index (χ2v) is 22.8. The lowest BCUT2D eigenvalue weighted by atomic mass is 9.91. The van der Waals surface area contributed by atoms with Gasteiger partial charge in [0.2, 0.25) is 5.91 Å². The molecule has 4 saturated heterocycles. The number of nitrogens with zero attached hydrogens (tertiary/aromatic N) is 13. The zero-order valence-electron chi connectivity index (χ0n) is 42.8. The van der Waals surface area contributed by atoms with Gasteiger partial charge in [0, 0.05) is 90.4 Å². The number of hydrogen-bond acceptors (Lipinski definition) is 13. The van der Waals surface area contributed by atoms with E-state index >= 15 is 4.39 Å². The Balaban J connectivity index is 0.900. The SMILES string of the molecule is Cc1nn(C(C)c2ccc(Cl)cc2F)c2nc(N3CCC(N4CC(CC(c5ccc(Cl)cc5Cl)n5nc(C#N)c6ncc(N7CCC(N8CCCC8CCC(N)=O)C(C)C7)nc65)CC4CCC(=O)O)C(C)C3)cnc12. The molecule has 4 fully saturated rings. The molecule has 9 atom stereocenters. The Hall–Kier alpha value is -5.71. The van der Waals surface area contributed by atoms with Crippen LogP contribution in [0.3, 0.4) is 0 Å².